The van der Waals surface area contributed by atoms with E-state index >= 15 is 0 Å². The second-order valence-electron chi connectivity index (χ2n) is 5.22. The number of methoxy groups -OCH3 is 1. The molecule has 0 saturated heterocycles. The third-order valence-electron chi connectivity index (χ3n) is 3.55. The Hall–Kier alpha value is -1.72. The molecule has 128 valence electrons. The van der Waals surface area contributed by atoms with Crippen LogP contribution in [-0.4, -0.2) is 39.3 Å². The van der Waals surface area contributed by atoms with Gasteiger partial charge in [0.2, 0.25) is 5.91 Å². The lowest BCUT2D eigenvalue weighted by Gasteiger charge is -2.14. The summed E-state index contributed by atoms with van der Waals surface area (Å²) in [5, 5.41) is 6.21. The van der Waals surface area contributed by atoms with E-state index in [0.717, 1.165) is 31.0 Å². The Balaban J connectivity index is 0.00000264. The van der Waals surface area contributed by atoms with Crippen LogP contribution in [-0.2, 0) is 4.79 Å². The first kappa shape index (κ1) is 19.3. The summed E-state index contributed by atoms with van der Waals surface area (Å²) in [6, 6.07) is 7.44. The topological polar surface area (TPSA) is 59.6 Å². The fraction of sp³-hybridized carbons (Fsp3) is 0.471. The average Bonchev–Trinajstić information content (AvgIpc) is 2.58. The van der Waals surface area contributed by atoms with Crippen LogP contribution in [0.2, 0.25) is 0 Å². The molecule has 1 amide bonds. The van der Waals surface area contributed by atoms with Gasteiger partial charge in [0.05, 0.1) is 13.7 Å². The van der Waals surface area contributed by atoms with Crippen LogP contribution >= 0.6 is 12.4 Å². The van der Waals surface area contributed by atoms with Crippen molar-refractivity contribution in [2.45, 2.75) is 19.3 Å². The van der Waals surface area contributed by atoms with Gasteiger partial charge in [-0.3, -0.25) is 4.79 Å². The zero-order valence-corrected chi connectivity index (χ0v) is 14.3. The number of hydrogen-bond acceptors (Lipinski definition) is 4. The van der Waals surface area contributed by atoms with Gasteiger partial charge in [0.15, 0.2) is 0 Å². The molecule has 5 nitrogen and oxygen atoms in total. The third kappa shape index (κ3) is 7.39. The fourth-order valence-electron chi connectivity index (χ4n) is 2.23. The molecule has 1 aliphatic heterocycles. The Bertz CT molecular complexity index is 503. The minimum atomic E-state index is 0. The Labute approximate surface area is 143 Å². The molecule has 0 spiro atoms. The molecule has 1 aliphatic rings. The second kappa shape index (κ2) is 10.9. The number of benzene rings is 1. The summed E-state index contributed by atoms with van der Waals surface area (Å²) in [5.41, 5.74) is 1.31. The maximum Gasteiger partial charge on any atom is 0.220 e. The van der Waals surface area contributed by atoms with Crippen molar-refractivity contribution in [3.8, 4) is 11.5 Å². The molecule has 0 unspecified atom stereocenters. The van der Waals surface area contributed by atoms with E-state index in [9.17, 15) is 4.79 Å². The Kier molecular flexibility index (Phi) is 9.17. The predicted molar refractivity (Wildman–Crippen MR) is 93.6 cm³/mol. The average molecular weight is 341 g/mol. The molecule has 6 heteroatoms. The normalized spacial score (nSPS) is 13.5. The minimum absolute atomic E-state index is 0. The highest BCUT2D eigenvalue weighted by atomic mass is 35.5. The van der Waals surface area contributed by atoms with Crippen LogP contribution in [0.25, 0.3) is 0 Å². The SMILES string of the molecule is COc1ccc(OCCCC(=O)NCC2=CCNCC2)cc1.Cl. The van der Waals surface area contributed by atoms with Crippen LogP contribution < -0.4 is 20.1 Å². The lowest BCUT2D eigenvalue weighted by molar-refractivity contribution is -0.121. The van der Waals surface area contributed by atoms with Crippen molar-refractivity contribution in [3.63, 3.8) is 0 Å². The number of rotatable bonds is 8. The second-order valence-corrected chi connectivity index (χ2v) is 5.22. The van der Waals surface area contributed by atoms with Crippen molar-refractivity contribution in [2.24, 2.45) is 0 Å². The molecule has 0 radical (unpaired) electrons. The fourth-order valence-corrected chi connectivity index (χ4v) is 2.23. The van der Waals surface area contributed by atoms with Gasteiger partial charge < -0.3 is 20.1 Å². The Morgan fingerprint density at radius 1 is 1.26 bits per heavy atom. The molecule has 1 aromatic rings. The summed E-state index contributed by atoms with van der Waals surface area (Å²) in [6.45, 7) is 3.10. The van der Waals surface area contributed by atoms with E-state index in [1.807, 2.05) is 24.3 Å². The molecule has 1 aromatic carbocycles. The molecular formula is C17H25ClN2O3. The van der Waals surface area contributed by atoms with Crippen LogP contribution in [0.1, 0.15) is 19.3 Å². The highest BCUT2D eigenvalue weighted by molar-refractivity contribution is 5.85. The quantitative estimate of drug-likeness (QED) is 0.563. The van der Waals surface area contributed by atoms with Crippen LogP contribution in [0.15, 0.2) is 35.9 Å². The summed E-state index contributed by atoms with van der Waals surface area (Å²) >= 11 is 0. The standard InChI is InChI=1S/C17H24N2O3.ClH/c1-21-15-4-6-16(7-5-15)22-12-2-3-17(20)19-13-14-8-10-18-11-9-14;/h4-8,18H,2-3,9-13H2,1H3,(H,19,20);1H. The molecular weight excluding hydrogens is 316 g/mol. The minimum Gasteiger partial charge on any atom is -0.497 e. The first-order valence-electron chi connectivity index (χ1n) is 7.70. The third-order valence-corrected chi connectivity index (χ3v) is 3.55. The van der Waals surface area contributed by atoms with Gasteiger partial charge in [-0.15, -0.1) is 12.4 Å². The molecule has 2 rings (SSSR count). The zero-order valence-electron chi connectivity index (χ0n) is 13.5. The van der Waals surface area contributed by atoms with Crippen LogP contribution in [0.3, 0.4) is 0 Å². The van der Waals surface area contributed by atoms with E-state index in [2.05, 4.69) is 16.7 Å². The number of carbonyl (C=O) groups excluding carboxylic acids is 1. The molecule has 2 N–H and O–H groups in total. The lowest BCUT2D eigenvalue weighted by Crippen LogP contribution is -2.29. The van der Waals surface area contributed by atoms with E-state index < -0.39 is 0 Å². The maximum absolute atomic E-state index is 11.8. The summed E-state index contributed by atoms with van der Waals surface area (Å²) in [5.74, 6) is 1.68. The lowest BCUT2D eigenvalue weighted by atomic mass is 10.1. The van der Waals surface area contributed by atoms with Crippen LogP contribution in [0, 0.1) is 0 Å². The van der Waals surface area contributed by atoms with Crippen molar-refractivity contribution >= 4 is 18.3 Å². The monoisotopic (exact) mass is 340 g/mol. The Morgan fingerprint density at radius 3 is 2.65 bits per heavy atom. The van der Waals surface area contributed by atoms with Crippen molar-refractivity contribution in [2.75, 3.05) is 33.4 Å². The summed E-state index contributed by atoms with van der Waals surface area (Å²) < 4.78 is 10.7. The van der Waals surface area contributed by atoms with E-state index in [1.54, 1.807) is 7.11 Å². The maximum atomic E-state index is 11.8. The molecule has 0 bridgehead atoms. The number of carbonyl (C=O) groups is 1. The van der Waals surface area contributed by atoms with E-state index in [4.69, 9.17) is 9.47 Å². The number of hydrogen-bond donors (Lipinski definition) is 2. The molecule has 0 saturated carbocycles. The van der Waals surface area contributed by atoms with Crippen molar-refractivity contribution < 1.29 is 14.3 Å². The number of ether oxygens (including phenoxy) is 2. The van der Waals surface area contributed by atoms with Crippen molar-refractivity contribution in [1.29, 1.82) is 0 Å². The molecule has 0 fully saturated rings. The van der Waals surface area contributed by atoms with Gasteiger partial charge in [-0.05, 0) is 43.7 Å². The first-order valence-corrected chi connectivity index (χ1v) is 7.70. The van der Waals surface area contributed by atoms with Crippen molar-refractivity contribution in [3.05, 3.63) is 35.9 Å². The zero-order chi connectivity index (χ0) is 15.6. The number of halogens is 1. The molecule has 23 heavy (non-hydrogen) atoms. The van der Waals surface area contributed by atoms with Crippen LogP contribution in [0.5, 0.6) is 11.5 Å². The molecule has 0 aliphatic carbocycles. The van der Waals surface area contributed by atoms with Gasteiger partial charge in [-0.1, -0.05) is 11.6 Å². The van der Waals surface area contributed by atoms with Gasteiger partial charge >= 0.3 is 0 Å². The van der Waals surface area contributed by atoms with Gasteiger partial charge in [0, 0.05) is 19.5 Å². The van der Waals surface area contributed by atoms with Gasteiger partial charge in [-0.25, -0.2) is 0 Å². The predicted octanol–water partition coefficient (Wildman–Crippen LogP) is 2.31. The molecule has 0 atom stereocenters. The summed E-state index contributed by atoms with van der Waals surface area (Å²) in [7, 11) is 1.63. The van der Waals surface area contributed by atoms with E-state index in [0.29, 0.717) is 26.0 Å². The highest BCUT2D eigenvalue weighted by Gasteiger charge is 2.05. The molecule has 1 heterocycles. The van der Waals surface area contributed by atoms with Crippen LogP contribution in [0.4, 0.5) is 0 Å². The summed E-state index contributed by atoms with van der Waals surface area (Å²) in [6.07, 6.45) is 4.36. The van der Waals surface area contributed by atoms with Gasteiger partial charge in [-0.2, -0.15) is 0 Å². The molecule has 0 aromatic heterocycles. The first-order chi connectivity index (χ1) is 10.8. The van der Waals surface area contributed by atoms with Gasteiger partial charge in [0.1, 0.15) is 11.5 Å². The van der Waals surface area contributed by atoms with Crippen molar-refractivity contribution in [1.82, 2.24) is 10.6 Å². The number of amides is 1. The largest absolute Gasteiger partial charge is 0.497 e. The highest BCUT2D eigenvalue weighted by Crippen LogP contribution is 2.17. The summed E-state index contributed by atoms with van der Waals surface area (Å²) in [4.78, 5) is 11.8. The van der Waals surface area contributed by atoms with E-state index in [-0.39, 0.29) is 18.3 Å². The van der Waals surface area contributed by atoms with E-state index in [1.165, 1.54) is 5.57 Å². The van der Waals surface area contributed by atoms with Gasteiger partial charge in [0.25, 0.3) is 0 Å². The smallest absolute Gasteiger partial charge is 0.220 e. The Morgan fingerprint density at radius 2 is 2.00 bits per heavy atom. The number of nitrogens with one attached hydrogen (secondary N) is 2.